The van der Waals surface area contributed by atoms with Crippen LogP contribution in [0.3, 0.4) is 0 Å². The number of carboxylic acids is 2. The summed E-state index contributed by atoms with van der Waals surface area (Å²) < 4.78 is 0. The predicted octanol–water partition coefficient (Wildman–Crippen LogP) is -7.34. The van der Waals surface area contributed by atoms with Gasteiger partial charge in [-0.05, 0) is 70.6 Å². The lowest BCUT2D eigenvalue weighted by molar-refractivity contribution is -0.149. The number of hydrogen-bond acceptors (Lipinski definition) is 17. The summed E-state index contributed by atoms with van der Waals surface area (Å²) in [5, 5.41) is 77.8. The van der Waals surface area contributed by atoms with Crippen molar-refractivity contribution < 1.29 is 83.4 Å². The Morgan fingerprint density at radius 1 is 0.581 bits per heavy atom. The fourth-order valence-electron chi connectivity index (χ4n) is 7.37. The molecule has 0 aromatic rings. The van der Waals surface area contributed by atoms with E-state index in [0.717, 1.165) is 11.8 Å². The Labute approximate surface area is 427 Å². The number of rotatable bonds is 33. The molecular weight excluding hydrogens is 983 g/mol. The number of nitrogens with two attached hydrogens (primary N) is 3. The molecule has 0 spiro atoms. The van der Waals surface area contributed by atoms with Crippen molar-refractivity contribution in [1.82, 2.24) is 47.4 Å². The molecule has 1 heterocycles. The summed E-state index contributed by atoms with van der Waals surface area (Å²) in [6, 6.07) is -15.2. The van der Waals surface area contributed by atoms with E-state index >= 15 is 0 Å². The largest absolute Gasteiger partial charge is 0.481 e. The van der Waals surface area contributed by atoms with Crippen LogP contribution in [0, 0.1) is 11.8 Å². The molecule has 420 valence electrons. The van der Waals surface area contributed by atoms with E-state index in [1.54, 1.807) is 27.7 Å². The van der Waals surface area contributed by atoms with Gasteiger partial charge in [0, 0.05) is 19.5 Å². The number of amides is 9. The van der Waals surface area contributed by atoms with Gasteiger partial charge in [0.1, 0.15) is 54.4 Å². The number of carbonyl (C=O) groups excluding carboxylic acids is 9. The molecule has 1 saturated heterocycles. The van der Waals surface area contributed by atoms with Gasteiger partial charge in [-0.15, -0.1) is 0 Å². The number of carbonyl (C=O) groups is 11. The third-order valence-electron chi connectivity index (χ3n) is 11.3. The number of aliphatic hydroxyl groups is 4. The second-order valence-corrected chi connectivity index (χ2v) is 18.6. The minimum absolute atomic E-state index is 0.0173. The second-order valence-electron chi connectivity index (χ2n) is 18.6. The maximum atomic E-state index is 14.0. The van der Waals surface area contributed by atoms with Crippen molar-refractivity contribution in [3.63, 3.8) is 0 Å². The summed E-state index contributed by atoms with van der Waals surface area (Å²) in [7, 11) is 0. The highest BCUT2D eigenvalue weighted by molar-refractivity contribution is 5.98. The molecule has 30 nitrogen and oxygen atoms in total. The Bertz CT molecular complexity index is 1990. The van der Waals surface area contributed by atoms with Gasteiger partial charge in [-0.2, -0.15) is 0 Å². The topological polar surface area (TPSA) is 499 Å². The van der Waals surface area contributed by atoms with E-state index in [0.29, 0.717) is 6.42 Å². The van der Waals surface area contributed by atoms with Gasteiger partial charge in [-0.1, -0.05) is 27.7 Å². The Balaban J connectivity index is 3.26. The Morgan fingerprint density at radius 3 is 1.42 bits per heavy atom. The lowest BCUT2D eigenvalue weighted by atomic mass is 10.0. The van der Waals surface area contributed by atoms with E-state index in [4.69, 9.17) is 22.3 Å². The van der Waals surface area contributed by atoms with Crippen molar-refractivity contribution in [1.29, 1.82) is 0 Å². The SMILES string of the molecule is CC(C)C[C@H](NC(=O)[C@H](CCCN=C(N)N)NC(=O)[C@H](CO)NC(=O)[C@H](CO)NC(=O)[C@H](CC(C)C)NC(=O)[C@@H](N)CCC(=O)O)C(=O)N[C@@H](CO)C(=O)N[C@H](C(=O)N[C@@H](C)C(=O)N1CCC[C@H]1C(=O)O)[C@@H](C)O. The third-order valence-corrected chi connectivity index (χ3v) is 11.3. The number of aliphatic imine (C=N–C) groups is 1. The van der Waals surface area contributed by atoms with Crippen molar-refractivity contribution in [2.45, 2.75) is 159 Å². The molecule has 0 radical (unpaired) electrons. The zero-order valence-electron chi connectivity index (χ0n) is 42.5. The van der Waals surface area contributed by atoms with Gasteiger partial charge in [-0.25, -0.2) is 4.79 Å². The van der Waals surface area contributed by atoms with Crippen molar-refractivity contribution in [3.8, 4) is 0 Å². The smallest absolute Gasteiger partial charge is 0.326 e. The quantitative estimate of drug-likeness (QED) is 0.0165. The lowest BCUT2D eigenvalue weighted by Crippen LogP contribution is -2.62. The first-order valence-corrected chi connectivity index (χ1v) is 24.1. The van der Waals surface area contributed by atoms with E-state index in [-0.39, 0.29) is 69.4 Å². The van der Waals surface area contributed by atoms with E-state index in [1.165, 1.54) is 6.92 Å². The second kappa shape index (κ2) is 32.4. The van der Waals surface area contributed by atoms with Crippen LogP contribution >= 0.6 is 0 Å². The number of nitrogens with one attached hydrogen (secondary N) is 8. The molecule has 1 aliphatic heterocycles. The Kier molecular flexibility index (Phi) is 28.6. The van der Waals surface area contributed by atoms with E-state index in [2.05, 4.69) is 47.5 Å². The number of guanidine groups is 1. The summed E-state index contributed by atoms with van der Waals surface area (Å²) in [4.78, 5) is 148. The number of nitrogens with zero attached hydrogens (tertiary/aromatic N) is 2. The fourth-order valence-corrected chi connectivity index (χ4v) is 7.37. The van der Waals surface area contributed by atoms with Gasteiger partial charge < -0.3 is 95.3 Å². The van der Waals surface area contributed by atoms with Crippen molar-refractivity contribution >= 4 is 71.1 Å². The van der Waals surface area contributed by atoms with Crippen LogP contribution in [-0.4, -0.2) is 206 Å². The summed E-state index contributed by atoms with van der Waals surface area (Å²) in [6.45, 7) is 6.09. The molecule has 1 aliphatic rings. The van der Waals surface area contributed by atoms with Crippen LogP contribution in [0.5, 0.6) is 0 Å². The Hall–Kier alpha value is -6.76. The predicted molar refractivity (Wildman–Crippen MR) is 260 cm³/mol. The van der Waals surface area contributed by atoms with Crippen molar-refractivity contribution in [3.05, 3.63) is 0 Å². The van der Waals surface area contributed by atoms with Gasteiger partial charge in [0.25, 0.3) is 0 Å². The third kappa shape index (κ3) is 22.6. The van der Waals surface area contributed by atoms with Crippen LogP contribution in [0.15, 0.2) is 4.99 Å². The first-order chi connectivity index (χ1) is 34.6. The first kappa shape index (κ1) is 65.3. The standard InChI is InChI=1S/C44H77N13O17/c1-20(2)15-26(51-34(64)24(45)11-12-32(62)63)36(66)53-29(18-59)39(69)55-28(17-58)38(68)50-25(9-7-13-48-44(46)47)35(65)52-27(16-21(3)4)37(67)54-30(19-60)40(70)56-33(23(6)61)41(71)49-22(5)42(72)57-14-8-10-31(57)43(73)74/h20-31,33,58-61H,7-19,45H2,1-6H3,(H,49,71)(H,50,68)(H,51,64)(H,52,65)(H,53,66)(H,54,67)(H,55,69)(H,56,70)(H,62,63)(H,73,74)(H4,46,47,48)/t22-,23+,24-,25-,26-,27-,28-,29-,30-,31-,33-/m0/s1. The van der Waals surface area contributed by atoms with Gasteiger partial charge in [0.15, 0.2) is 5.96 Å². The van der Waals surface area contributed by atoms with Crippen LogP contribution in [-0.2, 0) is 52.7 Å². The molecule has 0 aromatic carbocycles. The number of carboxylic acid groups (broad SMARTS) is 2. The van der Waals surface area contributed by atoms with Crippen LogP contribution in [0.4, 0.5) is 0 Å². The molecule has 74 heavy (non-hydrogen) atoms. The van der Waals surface area contributed by atoms with E-state index in [9.17, 15) is 78.3 Å². The number of aliphatic hydroxyl groups excluding tert-OH is 4. The molecule has 9 amide bonds. The molecule has 0 aromatic heterocycles. The van der Waals surface area contributed by atoms with Crippen molar-refractivity contribution in [2.24, 2.45) is 34.0 Å². The molecule has 0 bridgehead atoms. The fraction of sp³-hybridized carbons (Fsp3) is 0.727. The molecule has 0 aliphatic carbocycles. The molecule has 0 unspecified atom stereocenters. The van der Waals surface area contributed by atoms with Gasteiger partial charge in [0.2, 0.25) is 53.2 Å². The average Bonchev–Trinajstić information content (AvgIpc) is 3.82. The lowest BCUT2D eigenvalue weighted by Gasteiger charge is -2.29. The van der Waals surface area contributed by atoms with Crippen LogP contribution < -0.4 is 59.7 Å². The summed E-state index contributed by atoms with van der Waals surface area (Å²) in [5.74, 6) is -12.4. The number of aliphatic carboxylic acids is 2. The number of hydrogen-bond donors (Lipinski definition) is 17. The molecule has 1 rings (SSSR count). The molecular formula is C44H77N13O17. The molecule has 20 N–H and O–H groups in total. The minimum Gasteiger partial charge on any atom is -0.481 e. The molecule has 11 atom stereocenters. The van der Waals surface area contributed by atoms with Crippen molar-refractivity contribution in [2.75, 3.05) is 32.9 Å². The van der Waals surface area contributed by atoms with Crippen LogP contribution in [0.2, 0.25) is 0 Å². The zero-order valence-corrected chi connectivity index (χ0v) is 42.5. The summed E-state index contributed by atoms with van der Waals surface area (Å²) in [6.07, 6.45) is -1.92. The van der Waals surface area contributed by atoms with Gasteiger partial charge in [-0.3, -0.25) is 52.9 Å². The van der Waals surface area contributed by atoms with E-state index < -0.39 is 158 Å². The van der Waals surface area contributed by atoms with E-state index in [1.807, 2.05) is 0 Å². The zero-order chi connectivity index (χ0) is 56.6. The summed E-state index contributed by atoms with van der Waals surface area (Å²) >= 11 is 0. The highest BCUT2D eigenvalue weighted by Crippen LogP contribution is 2.19. The van der Waals surface area contributed by atoms with Gasteiger partial charge in [0.05, 0.1) is 32.0 Å². The molecule has 1 fully saturated rings. The molecule has 30 heteroatoms. The van der Waals surface area contributed by atoms with Crippen LogP contribution in [0.1, 0.15) is 92.9 Å². The maximum absolute atomic E-state index is 14.0. The molecule has 0 saturated carbocycles. The highest BCUT2D eigenvalue weighted by atomic mass is 16.4. The van der Waals surface area contributed by atoms with Crippen LogP contribution in [0.25, 0.3) is 0 Å². The monoisotopic (exact) mass is 1060 g/mol. The minimum atomic E-state index is -1.83. The summed E-state index contributed by atoms with van der Waals surface area (Å²) in [5.41, 5.74) is 16.6. The maximum Gasteiger partial charge on any atom is 0.326 e. The highest BCUT2D eigenvalue weighted by Gasteiger charge is 2.39. The normalized spacial score (nSPS) is 17.3. The number of likely N-dealkylation sites (tertiary alicyclic amines) is 1. The average molecular weight is 1060 g/mol. The Morgan fingerprint density at radius 2 is 1.00 bits per heavy atom. The first-order valence-electron chi connectivity index (χ1n) is 24.1. The van der Waals surface area contributed by atoms with Gasteiger partial charge >= 0.3 is 11.9 Å².